The summed E-state index contributed by atoms with van der Waals surface area (Å²) in [6.45, 7) is 10.6. The molecule has 0 aromatic heterocycles. The molecule has 0 aliphatic rings. The van der Waals surface area contributed by atoms with Gasteiger partial charge < -0.3 is 15.5 Å². The van der Waals surface area contributed by atoms with Crippen molar-refractivity contribution in [2.24, 2.45) is 5.92 Å². The summed E-state index contributed by atoms with van der Waals surface area (Å²) in [7, 11) is 0. The first-order chi connectivity index (χ1) is 8.03. The molecule has 104 valence electrons. The first-order valence-corrected chi connectivity index (χ1v) is 6.09. The maximum Gasteiger partial charge on any atom is 0.329 e. The van der Waals surface area contributed by atoms with Crippen LogP contribution >= 0.6 is 0 Å². The van der Waals surface area contributed by atoms with Crippen molar-refractivity contribution in [3.63, 3.8) is 0 Å². The van der Waals surface area contributed by atoms with E-state index >= 15 is 0 Å². The summed E-state index contributed by atoms with van der Waals surface area (Å²) in [6.07, 6.45) is 0.00597. The number of amides is 1. The van der Waals surface area contributed by atoms with Crippen LogP contribution < -0.4 is 5.32 Å². The number of esters is 1. The Kier molecular flexibility index (Phi) is 6.01. The highest BCUT2D eigenvalue weighted by Gasteiger charge is 2.28. The molecule has 0 aliphatic heterocycles. The highest BCUT2D eigenvalue weighted by molar-refractivity contribution is 5.99. The Hall–Kier alpha value is -1.39. The fraction of sp³-hybridized carbons (Fsp3) is 0.769. The molecule has 1 atom stereocenters. The van der Waals surface area contributed by atoms with Crippen LogP contribution in [0.2, 0.25) is 0 Å². The van der Waals surface area contributed by atoms with Crippen LogP contribution in [-0.2, 0) is 14.3 Å². The SMILES string of the molecule is CC(=N)CC(=O)NC(C(=O)OC(C)(C)C)C(C)C. The molecule has 5 nitrogen and oxygen atoms in total. The molecule has 0 radical (unpaired) electrons. The highest BCUT2D eigenvalue weighted by Crippen LogP contribution is 2.12. The molecule has 0 aromatic rings. The Balaban J connectivity index is 4.62. The number of carbonyl (C=O) groups excluding carboxylic acids is 2. The second-order valence-electron chi connectivity index (χ2n) is 5.78. The van der Waals surface area contributed by atoms with Crippen molar-refractivity contribution in [1.29, 1.82) is 5.41 Å². The van der Waals surface area contributed by atoms with Gasteiger partial charge in [-0.05, 0) is 33.6 Å². The molecule has 1 amide bonds. The maximum absolute atomic E-state index is 11.9. The summed E-state index contributed by atoms with van der Waals surface area (Å²) in [5.74, 6) is -0.824. The monoisotopic (exact) mass is 256 g/mol. The Labute approximate surface area is 109 Å². The van der Waals surface area contributed by atoms with Crippen molar-refractivity contribution in [2.45, 2.75) is 59.6 Å². The first-order valence-electron chi connectivity index (χ1n) is 6.09. The van der Waals surface area contributed by atoms with Crippen LogP contribution in [0.15, 0.2) is 0 Å². The van der Waals surface area contributed by atoms with Crippen LogP contribution in [0.4, 0.5) is 0 Å². The zero-order chi connectivity index (χ0) is 14.5. The molecule has 0 saturated heterocycles. The molecule has 0 spiro atoms. The number of ether oxygens (including phenoxy) is 1. The molecule has 0 aliphatic carbocycles. The van der Waals surface area contributed by atoms with Crippen molar-refractivity contribution >= 4 is 17.6 Å². The number of carbonyl (C=O) groups is 2. The van der Waals surface area contributed by atoms with Gasteiger partial charge in [0.25, 0.3) is 0 Å². The lowest BCUT2D eigenvalue weighted by molar-refractivity contribution is -0.159. The fourth-order valence-electron chi connectivity index (χ4n) is 1.33. The van der Waals surface area contributed by atoms with Crippen molar-refractivity contribution in [3.05, 3.63) is 0 Å². The molecule has 0 saturated carbocycles. The van der Waals surface area contributed by atoms with E-state index in [4.69, 9.17) is 10.1 Å². The second kappa shape index (κ2) is 6.52. The minimum absolute atomic E-state index is 0.00597. The average Bonchev–Trinajstić information content (AvgIpc) is 2.09. The lowest BCUT2D eigenvalue weighted by Crippen LogP contribution is -2.47. The van der Waals surface area contributed by atoms with Crippen LogP contribution in [0.3, 0.4) is 0 Å². The standard InChI is InChI=1S/C13H24N2O3/c1-8(2)11(12(17)18-13(4,5)6)15-10(16)7-9(3)14/h8,11,14H,7H2,1-6H3,(H,15,16). The summed E-state index contributed by atoms with van der Waals surface area (Å²) in [4.78, 5) is 23.5. The molecule has 2 N–H and O–H groups in total. The number of nitrogens with one attached hydrogen (secondary N) is 2. The van der Waals surface area contributed by atoms with Gasteiger partial charge in [0.05, 0.1) is 6.42 Å². The van der Waals surface area contributed by atoms with Crippen molar-refractivity contribution in [2.75, 3.05) is 0 Å². The second-order valence-corrected chi connectivity index (χ2v) is 5.78. The van der Waals surface area contributed by atoms with Gasteiger partial charge in [0.15, 0.2) is 0 Å². The third-order valence-electron chi connectivity index (χ3n) is 2.07. The van der Waals surface area contributed by atoms with Gasteiger partial charge in [-0.3, -0.25) is 4.79 Å². The van der Waals surface area contributed by atoms with E-state index in [0.717, 1.165) is 0 Å². The van der Waals surface area contributed by atoms with Crippen LogP contribution in [0, 0.1) is 11.3 Å². The van der Waals surface area contributed by atoms with Crippen molar-refractivity contribution < 1.29 is 14.3 Å². The number of hydrogen-bond acceptors (Lipinski definition) is 4. The zero-order valence-corrected chi connectivity index (χ0v) is 12.1. The Bertz CT molecular complexity index is 330. The highest BCUT2D eigenvalue weighted by atomic mass is 16.6. The average molecular weight is 256 g/mol. The Morgan fingerprint density at radius 3 is 2.11 bits per heavy atom. The molecule has 0 rings (SSSR count). The molecule has 0 fully saturated rings. The van der Waals surface area contributed by atoms with E-state index in [1.807, 2.05) is 13.8 Å². The summed E-state index contributed by atoms with van der Waals surface area (Å²) in [5, 5.41) is 9.87. The molecule has 5 heteroatoms. The van der Waals surface area contributed by atoms with Crippen LogP contribution in [0.25, 0.3) is 0 Å². The van der Waals surface area contributed by atoms with E-state index in [1.165, 1.54) is 0 Å². The third kappa shape index (κ3) is 7.04. The Morgan fingerprint density at radius 1 is 1.28 bits per heavy atom. The maximum atomic E-state index is 11.9. The van der Waals surface area contributed by atoms with Gasteiger partial charge >= 0.3 is 5.97 Å². The van der Waals surface area contributed by atoms with E-state index < -0.39 is 17.6 Å². The predicted molar refractivity (Wildman–Crippen MR) is 70.6 cm³/mol. The van der Waals surface area contributed by atoms with Gasteiger partial charge in [0, 0.05) is 5.71 Å². The van der Waals surface area contributed by atoms with E-state index in [-0.39, 0.29) is 24.0 Å². The van der Waals surface area contributed by atoms with Crippen LogP contribution in [0.1, 0.15) is 48.0 Å². The molecule has 0 aromatic carbocycles. The molecular weight excluding hydrogens is 232 g/mol. The zero-order valence-electron chi connectivity index (χ0n) is 12.1. The minimum atomic E-state index is -0.670. The lowest BCUT2D eigenvalue weighted by Gasteiger charge is -2.26. The summed E-state index contributed by atoms with van der Waals surface area (Å²) in [5.41, 5.74) is -0.314. The molecule has 18 heavy (non-hydrogen) atoms. The number of hydrogen-bond donors (Lipinski definition) is 2. The van der Waals surface area contributed by atoms with Crippen LogP contribution in [-0.4, -0.2) is 29.2 Å². The summed E-state index contributed by atoms with van der Waals surface area (Å²) in [6, 6.07) is -0.670. The first kappa shape index (κ1) is 16.6. The van der Waals surface area contributed by atoms with Gasteiger partial charge in [-0.25, -0.2) is 4.79 Å². The smallest absolute Gasteiger partial charge is 0.329 e. The van der Waals surface area contributed by atoms with Crippen molar-refractivity contribution in [1.82, 2.24) is 5.32 Å². The van der Waals surface area contributed by atoms with Gasteiger partial charge in [0.1, 0.15) is 11.6 Å². The van der Waals surface area contributed by atoms with Gasteiger partial charge in [-0.1, -0.05) is 13.8 Å². The van der Waals surface area contributed by atoms with E-state index in [9.17, 15) is 9.59 Å². The van der Waals surface area contributed by atoms with E-state index in [0.29, 0.717) is 0 Å². The van der Waals surface area contributed by atoms with Gasteiger partial charge in [0.2, 0.25) is 5.91 Å². The molecule has 0 heterocycles. The quantitative estimate of drug-likeness (QED) is 0.582. The molecular formula is C13H24N2O3. The summed E-state index contributed by atoms with van der Waals surface area (Å²) >= 11 is 0. The fourth-order valence-corrected chi connectivity index (χ4v) is 1.33. The van der Waals surface area contributed by atoms with E-state index in [2.05, 4.69) is 5.32 Å². The Morgan fingerprint density at radius 2 is 1.78 bits per heavy atom. The third-order valence-corrected chi connectivity index (χ3v) is 2.07. The molecule has 0 bridgehead atoms. The lowest BCUT2D eigenvalue weighted by atomic mass is 10.0. The minimum Gasteiger partial charge on any atom is -0.458 e. The van der Waals surface area contributed by atoms with E-state index in [1.54, 1.807) is 27.7 Å². The van der Waals surface area contributed by atoms with Crippen molar-refractivity contribution in [3.8, 4) is 0 Å². The summed E-state index contributed by atoms with van der Waals surface area (Å²) < 4.78 is 5.26. The number of rotatable bonds is 5. The largest absolute Gasteiger partial charge is 0.458 e. The predicted octanol–water partition coefficient (Wildman–Crippen LogP) is 1.90. The molecule has 1 unspecified atom stereocenters. The normalized spacial score (nSPS) is 13.1. The topological polar surface area (TPSA) is 79.3 Å². The van der Waals surface area contributed by atoms with Gasteiger partial charge in [-0.2, -0.15) is 0 Å². The van der Waals surface area contributed by atoms with Crippen LogP contribution in [0.5, 0.6) is 0 Å². The van der Waals surface area contributed by atoms with Gasteiger partial charge in [-0.15, -0.1) is 0 Å².